The van der Waals surface area contributed by atoms with Crippen molar-refractivity contribution in [3.63, 3.8) is 0 Å². The molecule has 1 saturated heterocycles. The Balaban J connectivity index is 1.81. The minimum Gasteiger partial charge on any atom is -0.494 e. The zero-order valence-corrected chi connectivity index (χ0v) is 15.7. The highest BCUT2D eigenvalue weighted by Crippen LogP contribution is 2.39. The van der Waals surface area contributed by atoms with Gasteiger partial charge in [-0.25, -0.2) is 4.98 Å². The van der Waals surface area contributed by atoms with Gasteiger partial charge in [0.25, 0.3) is 0 Å². The molecule has 0 unspecified atom stereocenters. The molecule has 0 radical (unpaired) electrons. The van der Waals surface area contributed by atoms with E-state index < -0.39 is 0 Å². The molecular weight excluding hydrogens is 354 g/mol. The lowest BCUT2D eigenvalue weighted by Crippen LogP contribution is -2.30. The molecule has 3 aromatic rings. The normalized spacial score (nSPS) is 14.9. The minimum atomic E-state index is 0.327. The second-order valence-electron chi connectivity index (χ2n) is 6.15. The Morgan fingerprint density at radius 3 is 2.60 bits per heavy atom. The summed E-state index contributed by atoms with van der Waals surface area (Å²) >= 11 is 7.82. The van der Waals surface area contributed by atoms with Gasteiger partial charge in [0.15, 0.2) is 0 Å². The van der Waals surface area contributed by atoms with Gasteiger partial charge in [0.2, 0.25) is 5.28 Å². The zero-order chi connectivity index (χ0) is 17.2. The number of benzene rings is 1. The Morgan fingerprint density at radius 2 is 1.88 bits per heavy atom. The molecule has 3 heterocycles. The highest BCUT2D eigenvalue weighted by molar-refractivity contribution is 7.17. The van der Waals surface area contributed by atoms with Gasteiger partial charge in [-0.15, -0.1) is 11.3 Å². The molecule has 4 rings (SSSR count). The fourth-order valence-electron chi connectivity index (χ4n) is 3.34. The van der Waals surface area contributed by atoms with Gasteiger partial charge in [-0.1, -0.05) is 12.1 Å². The number of piperidine rings is 1. The van der Waals surface area contributed by atoms with Crippen molar-refractivity contribution in [2.75, 3.05) is 24.6 Å². The maximum atomic E-state index is 6.20. The molecule has 0 saturated carbocycles. The van der Waals surface area contributed by atoms with Gasteiger partial charge in [-0.3, -0.25) is 0 Å². The van der Waals surface area contributed by atoms with Gasteiger partial charge >= 0.3 is 0 Å². The first-order valence-corrected chi connectivity index (χ1v) is 9.95. The van der Waals surface area contributed by atoms with E-state index in [0.717, 1.165) is 40.4 Å². The first-order chi connectivity index (χ1) is 12.3. The Bertz CT molecular complexity index is 872. The third-order valence-electron chi connectivity index (χ3n) is 4.52. The van der Waals surface area contributed by atoms with Crippen molar-refractivity contribution in [1.29, 1.82) is 0 Å². The molecule has 0 atom stereocenters. The van der Waals surface area contributed by atoms with Crippen LogP contribution in [0, 0.1) is 0 Å². The molecule has 4 nitrogen and oxygen atoms in total. The number of aromatic nitrogens is 2. The van der Waals surface area contributed by atoms with Crippen molar-refractivity contribution >= 4 is 39.0 Å². The summed E-state index contributed by atoms with van der Waals surface area (Å²) in [6.07, 6.45) is 3.69. The van der Waals surface area contributed by atoms with Gasteiger partial charge in [0.1, 0.15) is 16.4 Å². The van der Waals surface area contributed by atoms with Crippen LogP contribution in [0.1, 0.15) is 26.2 Å². The summed E-state index contributed by atoms with van der Waals surface area (Å²) in [7, 11) is 0. The number of thiophene rings is 1. The van der Waals surface area contributed by atoms with Crippen LogP contribution in [0.3, 0.4) is 0 Å². The van der Waals surface area contributed by atoms with Crippen molar-refractivity contribution in [3.8, 4) is 16.9 Å². The summed E-state index contributed by atoms with van der Waals surface area (Å²) in [5.41, 5.74) is 2.32. The molecule has 0 N–H and O–H groups in total. The molecule has 0 amide bonds. The minimum absolute atomic E-state index is 0.327. The van der Waals surface area contributed by atoms with Crippen LogP contribution < -0.4 is 9.64 Å². The van der Waals surface area contributed by atoms with Crippen LogP contribution in [-0.2, 0) is 0 Å². The molecule has 25 heavy (non-hydrogen) atoms. The third kappa shape index (κ3) is 3.31. The molecule has 1 aliphatic rings. The highest BCUT2D eigenvalue weighted by Gasteiger charge is 2.21. The topological polar surface area (TPSA) is 38.3 Å². The zero-order valence-electron chi connectivity index (χ0n) is 14.2. The number of hydrogen-bond donors (Lipinski definition) is 0. The number of hydrogen-bond acceptors (Lipinski definition) is 5. The maximum Gasteiger partial charge on any atom is 0.225 e. The molecule has 2 aromatic heterocycles. The van der Waals surface area contributed by atoms with Crippen molar-refractivity contribution in [2.45, 2.75) is 26.2 Å². The molecule has 6 heteroatoms. The molecule has 1 aromatic carbocycles. The Labute approximate surface area is 156 Å². The van der Waals surface area contributed by atoms with E-state index in [0.29, 0.717) is 11.9 Å². The van der Waals surface area contributed by atoms with Crippen LogP contribution in [0.15, 0.2) is 29.6 Å². The second kappa shape index (κ2) is 7.18. The Morgan fingerprint density at radius 1 is 1.12 bits per heavy atom. The number of halogens is 1. The fourth-order valence-corrected chi connectivity index (χ4v) is 4.50. The number of ether oxygens (including phenoxy) is 1. The predicted octanol–water partition coefficient (Wildman–Crippen LogP) is 5.40. The lowest BCUT2D eigenvalue weighted by Gasteiger charge is -2.28. The van der Waals surface area contributed by atoms with Crippen LogP contribution >= 0.6 is 22.9 Å². The van der Waals surface area contributed by atoms with Gasteiger partial charge in [-0.05, 0) is 55.5 Å². The second-order valence-corrected chi connectivity index (χ2v) is 7.35. The van der Waals surface area contributed by atoms with E-state index in [-0.39, 0.29) is 0 Å². The smallest absolute Gasteiger partial charge is 0.225 e. The molecule has 1 fully saturated rings. The quantitative estimate of drug-likeness (QED) is 0.574. The van der Waals surface area contributed by atoms with E-state index in [9.17, 15) is 0 Å². The molecule has 0 aliphatic carbocycles. The first kappa shape index (κ1) is 16.6. The van der Waals surface area contributed by atoms with Crippen molar-refractivity contribution in [3.05, 3.63) is 34.9 Å². The van der Waals surface area contributed by atoms with E-state index >= 15 is 0 Å². The summed E-state index contributed by atoms with van der Waals surface area (Å²) in [6.45, 7) is 4.72. The number of anilines is 1. The SMILES string of the molecule is CCOc1ccc(-c2csc3nc(Cl)nc(N4CCCCC4)c23)cc1. The number of rotatable bonds is 4. The summed E-state index contributed by atoms with van der Waals surface area (Å²) in [6, 6.07) is 8.22. The van der Waals surface area contributed by atoms with Crippen molar-refractivity contribution in [2.24, 2.45) is 0 Å². The molecule has 1 aliphatic heterocycles. The molecule has 0 spiro atoms. The van der Waals surface area contributed by atoms with E-state index in [1.165, 1.54) is 24.8 Å². The average molecular weight is 374 g/mol. The van der Waals surface area contributed by atoms with Gasteiger partial charge in [0.05, 0.1) is 12.0 Å². The lowest BCUT2D eigenvalue weighted by atomic mass is 10.0. The fraction of sp³-hybridized carbons (Fsp3) is 0.368. The molecule has 130 valence electrons. The van der Waals surface area contributed by atoms with E-state index in [1.807, 2.05) is 19.1 Å². The van der Waals surface area contributed by atoms with Crippen LogP contribution in [0.25, 0.3) is 21.3 Å². The summed E-state index contributed by atoms with van der Waals surface area (Å²) in [4.78, 5) is 12.3. The van der Waals surface area contributed by atoms with Crippen LogP contribution in [-0.4, -0.2) is 29.7 Å². The van der Waals surface area contributed by atoms with Crippen LogP contribution in [0.5, 0.6) is 5.75 Å². The van der Waals surface area contributed by atoms with E-state index in [2.05, 4.69) is 32.4 Å². The molecule has 0 bridgehead atoms. The maximum absolute atomic E-state index is 6.20. The summed E-state index contributed by atoms with van der Waals surface area (Å²) < 4.78 is 5.55. The number of nitrogens with zero attached hydrogens (tertiary/aromatic N) is 3. The van der Waals surface area contributed by atoms with E-state index in [4.69, 9.17) is 16.3 Å². The molecular formula is C19H20ClN3OS. The van der Waals surface area contributed by atoms with Gasteiger partial charge in [0, 0.05) is 24.0 Å². The lowest BCUT2D eigenvalue weighted by molar-refractivity contribution is 0.340. The summed E-state index contributed by atoms with van der Waals surface area (Å²) in [5, 5.41) is 3.59. The van der Waals surface area contributed by atoms with Crippen LogP contribution in [0.4, 0.5) is 5.82 Å². The monoisotopic (exact) mass is 373 g/mol. The largest absolute Gasteiger partial charge is 0.494 e. The van der Waals surface area contributed by atoms with Crippen LogP contribution in [0.2, 0.25) is 5.28 Å². The Hall–Kier alpha value is -1.85. The average Bonchev–Trinajstić information content (AvgIpc) is 3.06. The van der Waals surface area contributed by atoms with E-state index in [1.54, 1.807) is 11.3 Å². The predicted molar refractivity (Wildman–Crippen MR) is 105 cm³/mol. The van der Waals surface area contributed by atoms with Crippen molar-refractivity contribution in [1.82, 2.24) is 9.97 Å². The third-order valence-corrected chi connectivity index (χ3v) is 5.56. The summed E-state index contributed by atoms with van der Waals surface area (Å²) in [5.74, 6) is 1.86. The van der Waals surface area contributed by atoms with Gasteiger partial charge < -0.3 is 9.64 Å². The first-order valence-electron chi connectivity index (χ1n) is 8.69. The number of fused-ring (bicyclic) bond motifs is 1. The van der Waals surface area contributed by atoms with Crippen molar-refractivity contribution < 1.29 is 4.74 Å². The standard InChI is InChI=1S/C19H20ClN3OS/c1-2-24-14-8-6-13(7-9-14)15-12-25-18-16(15)17(21-19(20)22-18)23-10-4-3-5-11-23/h6-9,12H,2-5,10-11H2,1H3. The highest BCUT2D eigenvalue weighted by atomic mass is 35.5. The van der Waals surface area contributed by atoms with Gasteiger partial charge in [-0.2, -0.15) is 4.98 Å². The Kier molecular flexibility index (Phi) is 4.77.